The number of rotatable bonds is 7. The molecule has 0 saturated carbocycles. The van der Waals surface area contributed by atoms with Gasteiger partial charge in [0.15, 0.2) is 0 Å². The highest BCUT2D eigenvalue weighted by Crippen LogP contribution is 2.17. The molecule has 1 aromatic rings. The number of allylic oxidation sites excluding steroid dienone is 2. The molecule has 0 fully saturated rings. The number of hydrogen-bond donors (Lipinski definition) is 1. The number of hydrogen-bond acceptors (Lipinski definition) is 2. The number of carboxylic acids is 1. The molecular weight excluding hydrogens is 240 g/mol. The first-order chi connectivity index (χ1) is 9.15. The van der Waals surface area contributed by atoms with Crippen LogP contribution in [-0.2, 0) is 4.79 Å². The standard InChI is InChI=1S/C16H20O3/c1-3-4-5-13(8-11-16(17)18)12-14-6-9-15(19-2)10-7-14/h6-12H,3-5H2,1-2H3,(H,17,18). The molecule has 1 rings (SSSR count). The molecule has 0 unspecified atom stereocenters. The second-order valence-electron chi connectivity index (χ2n) is 4.27. The maximum atomic E-state index is 10.6. The van der Waals surface area contributed by atoms with E-state index >= 15 is 0 Å². The Balaban J connectivity index is 2.87. The fraction of sp³-hybridized carbons (Fsp3) is 0.312. The van der Waals surface area contributed by atoms with Crippen LogP contribution in [-0.4, -0.2) is 18.2 Å². The van der Waals surface area contributed by atoms with Crippen molar-refractivity contribution >= 4 is 12.0 Å². The first-order valence-electron chi connectivity index (χ1n) is 6.41. The molecular formula is C16H20O3. The number of methoxy groups -OCH3 is 1. The molecule has 1 N–H and O–H groups in total. The molecule has 0 aliphatic rings. The van der Waals surface area contributed by atoms with Crippen LogP contribution in [0.3, 0.4) is 0 Å². The zero-order valence-corrected chi connectivity index (χ0v) is 11.4. The Labute approximate surface area is 114 Å². The summed E-state index contributed by atoms with van der Waals surface area (Å²) in [6.07, 6.45) is 7.88. The van der Waals surface area contributed by atoms with Gasteiger partial charge in [0.1, 0.15) is 5.75 Å². The highest BCUT2D eigenvalue weighted by Gasteiger charge is 1.97. The second kappa shape index (κ2) is 8.14. The van der Waals surface area contributed by atoms with Crippen molar-refractivity contribution in [3.8, 4) is 5.75 Å². The van der Waals surface area contributed by atoms with Gasteiger partial charge in [-0.15, -0.1) is 0 Å². The van der Waals surface area contributed by atoms with Crippen molar-refractivity contribution in [3.05, 3.63) is 47.6 Å². The molecule has 3 heteroatoms. The van der Waals surface area contributed by atoms with Gasteiger partial charge in [-0.25, -0.2) is 4.79 Å². The third kappa shape index (κ3) is 5.91. The SMILES string of the molecule is CCCCC(C=CC(=O)O)=Cc1ccc(OC)cc1. The average molecular weight is 260 g/mol. The van der Waals surface area contributed by atoms with E-state index in [1.54, 1.807) is 13.2 Å². The lowest BCUT2D eigenvalue weighted by atomic mass is 10.0. The van der Waals surface area contributed by atoms with E-state index in [1.165, 1.54) is 6.08 Å². The van der Waals surface area contributed by atoms with Gasteiger partial charge >= 0.3 is 5.97 Å². The van der Waals surface area contributed by atoms with E-state index in [2.05, 4.69) is 6.92 Å². The van der Waals surface area contributed by atoms with Gasteiger partial charge in [-0.2, -0.15) is 0 Å². The normalized spacial score (nSPS) is 11.8. The Morgan fingerprint density at radius 3 is 2.47 bits per heavy atom. The lowest BCUT2D eigenvalue weighted by Crippen LogP contribution is -1.88. The van der Waals surface area contributed by atoms with Gasteiger partial charge in [-0.1, -0.05) is 37.6 Å². The maximum absolute atomic E-state index is 10.6. The maximum Gasteiger partial charge on any atom is 0.328 e. The summed E-state index contributed by atoms with van der Waals surface area (Å²) in [6.45, 7) is 2.12. The molecule has 102 valence electrons. The van der Waals surface area contributed by atoms with Crippen LogP contribution in [0.4, 0.5) is 0 Å². The van der Waals surface area contributed by atoms with Gasteiger partial charge in [-0.05, 0) is 36.1 Å². The van der Waals surface area contributed by atoms with E-state index in [4.69, 9.17) is 9.84 Å². The summed E-state index contributed by atoms with van der Waals surface area (Å²) in [5.41, 5.74) is 2.07. The smallest absolute Gasteiger partial charge is 0.328 e. The topological polar surface area (TPSA) is 46.5 Å². The molecule has 3 nitrogen and oxygen atoms in total. The number of ether oxygens (including phenoxy) is 1. The van der Waals surface area contributed by atoms with Crippen molar-refractivity contribution in [2.24, 2.45) is 0 Å². The van der Waals surface area contributed by atoms with Crippen molar-refractivity contribution < 1.29 is 14.6 Å². The Morgan fingerprint density at radius 2 is 1.95 bits per heavy atom. The highest BCUT2D eigenvalue weighted by atomic mass is 16.5. The number of carboxylic acid groups (broad SMARTS) is 1. The van der Waals surface area contributed by atoms with E-state index in [0.29, 0.717) is 0 Å². The first-order valence-corrected chi connectivity index (χ1v) is 6.41. The molecule has 0 aliphatic heterocycles. The predicted molar refractivity (Wildman–Crippen MR) is 77.3 cm³/mol. The molecule has 0 heterocycles. The molecule has 0 amide bonds. The van der Waals surface area contributed by atoms with E-state index in [9.17, 15) is 4.79 Å². The van der Waals surface area contributed by atoms with Crippen LogP contribution in [0.15, 0.2) is 42.0 Å². The first kappa shape index (κ1) is 15.0. The Morgan fingerprint density at radius 1 is 1.26 bits per heavy atom. The van der Waals surface area contributed by atoms with E-state index in [-0.39, 0.29) is 0 Å². The number of unbranched alkanes of at least 4 members (excludes halogenated alkanes) is 1. The molecule has 0 radical (unpaired) electrons. The minimum atomic E-state index is -0.919. The lowest BCUT2D eigenvalue weighted by molar-refractivity contribution is -0.131. The zero-order valence-electron chi connectivity index (χ0n) is 11.4. The van der Waals surface area contributed by atoms with Crippen molar-refractivity contribution in [2.45, 2.75) is 26.2 Å². The summed E-state index contributed by atoms with van der Waals surface area (Å²) in [4.78, 5) is 10.6. The summed E-state index contributed by atoms with van der Waals surface area (Å²) in [6, 6.07) is 7.70. The fourth-order valence-corrected chi connectivity index (χ4v) is 1.68. The molecule has 0 aromatic heterocycles. The fourth-order valence-electron chi connectivity index (χ4n) is 1.68. The molecule has 0 atom stereocenters. The Bertz CT molecular complexity index is 455. The predicted octanol–water partition coefficient (Wildman–Crippen LogP) is 3.91. The molecule has 19 heavy (non-hydrogen) atoms. The van der Waals surface area contributed by atoms with Gasteiger partial charge in [0.05, 0.1) is 7.11 Å². The molecule has 0 bridgehead atoms. The minimum absolute atomic E-state index is 0.813. The average Bonchev–Trinajstić information content (AvgIpc) is 2.42. The molecule has 0 saturated heterocycles. The van der Waals surface area contributed by atoms with Crippen molar-refractivity contribution in [1.29, 1.82) is 0 Å². The third-order valence-corrected chi connectivity index (χ3v) is 2.73. The van der Waals surface area contributed by atoms with Crippen molar-refractivity contribution in [1.82, 2.24) is 0 Å². The number of benzene rings is 1. The van der Waals surface area contributed by atoms with Crippen LogP contribution in [0.25, 0.3) is 6.08 Å². The van der Waals surface area contributed by atoms with Gasteiger partial charge < -0.3 is 9.84 Å². The molecule has 0 aliphatic carbocycles. The monoisotopic (exact) mass is 260 g/mol. The van der Waals surface area contributed by atoms with Crippen LogP contribution in [0, 0.1) is 0 Å². The highest BCUT2D eigenvalue weighted by molar-refractivity contribution is 5.80. The van der Waals surface area contributed by atoms with Crippen LogP contribution in [0.2, 0.25) is 0 Å². The quantitative estimate of drug-likeness (QED) is 0.597. The van der Waals surface area contributed by atoms with E-state index in [1.807, 2.05) is 30.3 Å². The summed E-state index contributed by atoms with van der Waals surface area (Å²) >= 11 is 0. The molecule has 0 spiro atoms. The van der Waals surface area contributed by atoms with Crippen molar-refractivity contribution in [3.63, 3.8) is 0 Å². The second-order valence-corrected chi connectivity index (χ2v) is 4.27. The van der Waals surface area contributed by atoms with Gasteiger partial charge in [0.25, 0.3) is 0 Å². The minimum Gasteiger partial charge on any atom is -0.497 e. The lowest BCUT2D eigenvalue weighted by Gasteiger charge is -2.03. The number of aliphatic carboxylic acids is 1. The Kier molecular flexibility index (Phi) is 6.44. The summed E-state index contributed by atoms with van der Waals surface area (Å²) in [5, 5.41) is 8.69. The van der Waals surface area contributed by atoms with Crippen molar-refractivity contribution in [2.75, 3.05) is 7.11 Å². The van der Waals surface area contributed by atoms with Crippen LogP contribution in [0.1, 0.15) is 31.7 Å². The summed E-state index contributed by atoms with van der Waals surface area (Å²) in [7, 11) is 1.63. The van der Waals surface area contributed by atoms with E-state index in [0.717, 1.165) is 36.1 Å². The zero-order chi connectivity index (χ0) is 14.1. The van der Waals surface area contributed by atoms with Crippen LogP contribution >= 0.6 is 0 Å². The van der Waals surface area contributed by atoms with Crippen LogP contribution < -0.4 is 4.74 Å². The van der Waals surface area contributed by atoms with Gasteiger partial charge in [-0.3, -0.25) is 0 Å². The van der Waals surface area contributed by atoms with Gasteiger partial charge in [0.2, 0.25) is 0 Å². The summed E-state index contributed by atoms with van der Waals surface area (Å²) < 4.78 is 5.11. The number of carbonyl (C=O) groups is 1. The van der Waals surface area contributed by atoms with E-state index < -0.39 is 5.97 Å². The largest absolute Gasteiger partial charge is 0.497 e. The third-order valence-electron chi connectivity index (χ3n) is 2.73. The molecule has 1 aromatic carbocycles. The summed E-state index contributed by atoms with van der Waals surface area (Å²) in [5.74, 6) is -0.106. The van der Waals surface area contributed by atoms with Crippen LogP contribution in [0.5, 0.6) is 5.75 Å². The van der Waals surface area contributed by atoms with Gasteiger partial charge in [0, 0.05) is 6.08 Å². The Hall–Kier alpha value is -2.03.